The van der Waals surface area contributed by atoms with Gasteiger partial charge in [0.1, 0.15) is 36.6 Å². The van der Waals surface area contributed by atoms with Crippen LogP contribution in [0, 0.1) is 30.6 Å². The number of likely N-dealkylation sites (N-methyl/N-ethyl adjacent to an activating group) is 1. The summed E-state index contributed by atoms with van der Waals surface area (Å²) in [6.45, 7) is 15.3. The summed E-state index contributed by atoms with van der Waals surface area (Å²) >= 11 is 0. The largest absolute Gasteiger partial charge is 0.458 e. The fraction of sp³-hybridized carbons (Fsp3) is 0.727. The van der Waals surface area contributed by atoms with Crippen LogP contribution < -0.4 is 5.84 Å². The number of fused-ring (bicyclic) bond motifs is 1. The van der Waals surface area contributed by atoms with Gasteiger partial charge in [0.25, 0.3) is 0 Å². The lowest BCUT2D eigenvalue weighted by atomic mass is 9.73. The Bertz CT molecular complexity index is 1850. The van der Waals surface area contributed by atoms with Crippen molar-refractivity contribution in [2.45, 2.75) is 154 Å². The molecule has 14 atom stereocenters. The molecule has 2 aromatic rings. The van der Waals surface area contributed by atoms with Gasteiger partial charge in [0.05, 0.1) is 29.5 Å². The number of aliphatic hydroxyl groups excluding tert-OH is 1. The number of carbonyl (C=O) groups is 4. The maximum Gasteiger partial charge on any atom is 0.425 e. The van der Waals surface area contributed by atoms with Crippen LogP contribution in [0.5, 0.6) is 0 Å². The maximum absolute atomic E-state index is 14.3. The molecule has 3 N–H and O–H groups in total. The summed E-state index contributed by atoms with van der Waals surface area (Å²) < 4.78 is 46.5. The molecule has 17 heteroatoms. The second-order valence-electron chi connectivity index (χ2n) is 18.0. The van der Waals surface area contributed by atoms with Crippen molar-refractivity contribution in [1.29, 1.82) is 0 Å². The number of hydrogen-bond donors (Lipinski definition) is 2. The van der Waals surface area contributed by atoms with Gasteiger partial charge in [-0.05, 0) is 72.9 Å². The molecule has 4 heterocycles. The second-order valence-corrected chi connectivity index (χ2v) is 18.0. The Kier molecular flexibility index (Phi) is 15.5. The number of esters is 1. The number of hydrogen-bond acceptors (Lipinski definition) is 14. The number of rotatable bonds is 12. The van der Waals surface area contributed by atoms with Crippen molar-refractivity contribution in [3.63, 3.8) is 0 Å². The number of aromatic nitrogens is 3. The molecule has 3 fully saturated rings. The molecule has 0 unspecified atom stereocenters. The molecule has 3 aliphatic rings. The number of hydrazine groups is 1. The van der Waals surface area contributed by atoms with Gasteiger partial charge in [-0.15, -0.1) is 5.10 Å². The minimum absolute atomic E-state index is 0.0600. The van der Waals surface area contributed by atoms with Crippen molar-refractivity contribution in [3.05, 3.63) is 47.3 Å². The number of cyclic esters (lactones) is 1. The Morgan fingerprint density at radius 2 is 1.74 bits per heavy atom. The van der Waals surface area contributed by atoms with Gasteiger partial charge in [0, 0.05) is 50.1 Å². The molecule has 3 aliphatic heterocycles. The molecule has 0 spiro atoms. The zero-order valence-corrected chi connectivity index (χ0v) is 37.6. The summed E-state index contributed by atoms with van der Waals surface area (Å²) in [6, 6.07) is 6.03. The van der Waals surface area contributed by atoms with Gasteiger partial charge in [-0.3, -0.25) is 14.4 Å². The first-order valence-electron chi connectivity index (χ1n) is 21.5. The predicted molar refractivity (Wildman–Crippen MR) is 221 cm³/mol. The normalized spacial score (nSPS) is 36.0. The summed E-state index contributed by atoms with van der Waals surface area (Å²) in [4.78, 5) is 57.3. The number of nitrogens with two attached hydrogens (primary N) is 1. The molecule has 1 amide bonds. The van der Waals surface area contributed by atoms with E-state index in [-0.39, 0.29) is 24.7 Å². The molecule has 340 valence electrons. The molecule has 0 aliphatic carbocycles. The van der Waals surface area contributed by atoms with E-state index in [9.17, 15) is 28.7 Å². The van der Waals surface area contributed by atoms with Crippen LogP contribution in [0.25, 0.3) is 0 Å². The van der Waals surface area contributed by atoms with E-state index in [1.807, 2.05) is 50.1 Å². The van der Waals surface area contributed by atoms with Gasteiger partial charge in [-0.1, -0.05) is 62.7 Å². The van der Waals surface area contributed by atoms with Crippen LogP contribution in [-0.4, -0.2) is 135 Å². The Hall–Kier alpha value is -3.87. The molecule has 1 aromatic heterocycles. The maximum atomic E-state index is 14.3. The number of halogens is 1. The Morgan fingerprint density at radius 1 is 1.07 bits per heavy atom. The number of ether oxygens (including phenoxy) is 5. The predicted octanol–water partition coefficient (Wildman–Crippen LogP) is 4.33. The van der Waals surface area contributed by atoms with Crippen molar-refractivity contribution >= 4 is 23.6 Å². The number of alkyl halides is 1. The number of carbonyl (C=O) groups excluding carboxylic acids is 4. The van der Waals surface area contributed by atoms with Gasteiger partial charge >= 0.3 is 12.1 Å². The Labute approximate surface area is 358 Å². The van der Waals surface area contributed by atoms with Crippen LogP contribution in [0.15, 0.2) is 30.5 Å². The lowest BCUT2D eigenvalue weighted by Gasteiger charge is -2.47. The lowest BCUT2D eigenvalue weighted by Crippen LogP contribution is -2.61. The van der Waals surface area contributed by atoms with E-state index in [1.165, 1.54) is 14.0 Å². The highest BCUT2D eigenvalue weighted by Gasteiger charge is 2.60. The number of aliphatic hydroxyl groups is 1. The third-order valence-corrected chi connectivity index (χ3v) is 13.4. The highest BCUT2D eigenvalue weighted by atomic mass is 19.1. The van der Waals surface area contributed by atoms with E-state index in [0.717, 1.165) is 16.1 Å². The molecule has 3 saturated heterocycles. The number of benzene rings is 1. The molecule has 1 aromatic carbocycles. The molecule has 0 radical (unpaired) electrons. The summed E-state index contributed by atoms with van der Waals surface area (Å²) in [7, 11) is 3.33. The van der Waals surface area contributed by atoms with Gasteiger partial charge in [-0.25, -0.2) is 24.7 Å². The van der Waals surface area contributed by atoms with Crippen LogP contribution >= 0.6 is 0 Å². The van der Waals surface area contributed by atoms with Crippen molar-refractivity contribution in [3.8, 4) is 0 Å². The Morgan fingerprint density at radius 3 is 2.36 bits per heavy atom. The summed E-state index contributed by atoms with van der Waals surface area (Å²) in [6.07, 6.45) is -2.39. The summed E-state index contributed by atoms with van der Waals surface area (Å²) in [5.74, 6) is 0.752. The van der Waals surface area contributed by atoms with Crippen LogP contribution in [0.4, 0.5) is 9.18 Å². The van der Waals surface area contributed by atoms with Gasteiger partial charge in [0.15, 0.2) is 17.7 Å². The zero-order valence-electron chi connectivity index (χ0n) is 37.6. The first kappa shape index (κ1) is 48.2. The van der Waals surface area contributed by atoms with Gasteiger partial charge < -0.3 is 33.7 Å². The molecule has 16 nitrogen and oxygen atoms in total. The Balaban J connectivity index is 1.37. The number of methoxy groups -OCH3 is 1. The van der Waals surface area contributed by atoms with Gasteiger partial charge in [-0.2, -0.15) is 0 Å². The average Bonchev–Trinajstić information content (AvgIpc) is 3.80. The van der Waals surface area contributed by atoms with Crippen molar-refractivity contribution in [2.75, 3.05) is 27.4 Å². The van der Waals surface area contributed by atoms with Gasteiger partial charge in [0.2, 0.25) is 0 Å². The smallest absolute Gasteiger partial charge is 0.425 e. The molecule has 0 saturated carbocycles. The van der Waals surface area contributed by atoms with Crippen molar-refractivity contribution < 1.29 is 52.4 Å². The van der Waals surface area contributed by atoms with Crippen LogP contribution in [0.3, 0.4) is 0 Å². The number of ketones is 2. The topological polar surface area (TPSA) is 198 Å². The molecular weight excluding hydrogens is 792 g/mol. The minimum atomic E-state index is -1.49. The van der Waals surface area contributed by atoms with E-state index in [0.29, 0.717) is 31.5 Å². The number of Topliss-reactive ketones (excluding diaryl/α,β-unsaturated/α-hetero) is 2. The molecule has 61 heavy (non-hydrogen) atoms. The fourth-order valence-electron chi connectivity index (χ4n) is 9.61. The first-order valence-corrected chi connectivity index (χ1v) is 21.5. The van der Waals surface area contributed by atoms with Crippen LogP contribution in [0.2, 0.25) is 0 Å². The molecule has 0 bridgehead atoms. The monoisotopic (exact) mass is 858 g/mol. The number of aryl methyl sites for hydroxylation is 1. The SMILES string of the molecule is CC[C@H]1OC(=O)[C@H](C)C(=O)[C@H](C)[C@@H](O[C@@H]2O[C@H](C)C[C@H](N(C)CCc3cn([C@H](CF)Cc4ccc(C)cc4)nn3)[C@H]2O)[C@](C)(OC)C[C@@H](C)C(=O)[C@H](C)[C@H]2N(N)C(=O)O[C@]12C. The minimum Gasteiger partial charge on any atom is -0.458 e. The van der Waals surface area contributed by atoms with Crippen molar-refractivity contribution in [1.82, 2.24) is 24.9 Å². The molecular formula is C44H67FN6O10. The highest BCUT2D eigenvalue weighted by molar-refractivity contribution is 6.00. The highest BCUT2D eigenvalue weighted by Crippen LogP contribution is 2.42. The third kappa shape index (κ3) is 10.2. The van der Waals surface area contributed by atoms with E-state index >= 15 is 0 Å². The van der Waals surface area contributed by atoms with Crippen molar-refractivity contribution in [2.24, 2.45) is 29.5 Å². The second kappa shape index (κ2) is 19.7. The third-order valence-electron chi connectivity index (χ3n) is 13.4. The van der Waals surface area contributed by atoms with E-state index in [4.69, 9.17) is 29.5 Å². The number of amides is 1. The van der Waals surface area contributed by atoms with Crippen LogP contribution in [-0.2, 0) is 50.9 Å². The van der Waals surface area contributed by atoms with E-state index < -0.39 is 102 Å². The fourth-order valence-corrected chi connectivity index (χ4v) is 9.61. The first-order chi connectivity index (χ1) is 28.7. The van der Waals surface area contributed by atoms with E-state index in [2.05, 4.69) is 10.3 Å². The quantitative estimate of drug-likeness (QED) is 0.132. The number of nitrogens with zero attached hydrogens (tertiary/aromatic N) is 5. The van der Waals surface area contributed by atoms with Crippen LogP contribution in [0.1, 0.15) is 97.5 Å². The average molecular weight is 859 g/mol. The summed E-state index contributed by atoms with van der Waals surface area (Å²) in [5.41, 5.74) is -0.0290. The summed E-state index contributed by atoms with van der Waals surface area (Å²) in [5, 5.41) is 21.4. The molecule has 5 rings (SSSR count). The standard InChI is InChI=1S/C44H67FN6O10/c1-12-34-44(9)38(51(46)42(56)61-44)27(5)35(52)25(3)21-43(8,57-11)39(28(6)36(53)29(7)40(55)59-34)60-41-37(54)33(19-26(4)58-41)49(10)18-17-31-23-50(48-47-31)32(22-45)20-30-15-13-24(2)14-16-30/h13-16,23,25-29,32-34,37-39,41,54H,12,17-22,46H2,1-11H3/t25-,26-,27+,28+,29-,32+,33+,34-,37-,38-,39-,41+,43-,44-/m1/s1. The lowest BCUT2D eigenvalue weighted by molar-refractivity contribution is -0.296. The zero-order chi connectivity index (χ0) is 45.1. The van der Waals surface area contributed by atoms with E-state index in [1.54, 1.807) is 52.4 Å².